The summed E-state index contributed by atoms with van der Waals surface area (Å²) in [6.07, 6.45) is 1.13. The van der Waals surface area contributed by atoms with E-state index < -0.39 is 9.84 Å². The smallest absolute Gasteiger partial charge is 0.251 e. The van der Waals surface area contributed by atoms with Crippen LogP contribution in [0.3, 0.4) is 0 Å². The SMILES string of the molecule is CS(=O)(=O)c1ccc(C(=O)NCc2ccc(N)cc2)cc1. The van der Waals surface area contributed by atoms with Gasteiger partial charge in [0.1, 0.15) is 0 Å². The monoisotopic (exact) mass is 304 g/mol. The zero-order valence-electron chi connectivity index (χ0n) is 11.5. The first-order valence-electron chi connectivity index (χ1n) is 6.29. The molecular weight excluding hydrogens is 288 g/mol. The normalized spacial score (nSPS) is 11.1. The molecule has 0 bridgehead atoms. The Morgan fingerprint density at radius 2 is 1.62 bits per heavy atom. The van der Waals surface area contributed by atoms with Gasteiger partial charge in [-0.05, 0) is 42.0 Å². The molecule has 2 aromatic rings. The molecule has 21 heavy (non-hydrogen) atoms. The summed E-state index contributed by atoms with van der Waals surface area (Å²) in [5.74, 6) is -0.258. The van der Waals surface area contributed by atoms with E-state index in [1.807, 2.05) is 12.1 Å². The van der Waals surface area contributed by atoms with Gasteiger partial charge >= 0.3 is 0 Å². The van der Waals surface area contributed by atoms with E-state index in [2.05, 4.69) is 5.32 Å². The fraction of sp³-hybridized carbons (Fsp3) is 0.133. The van der Waals surface area contributed by atoms with Crippen molar-refractivity contribution in [3.8, 4) is 0 Å². The number of nitrogen functional groups attached to an aromatic ring is 1. The Morgan fingerprint density at radius 1 is 1.05 bits per heavy atom. The first-order valence-corrected chi connectivity index (χ1v) is 8.18. The van der Waals surface area contributed by atoms with E-state index in [1.165, 1.54) is 24.3 Å². The highest BCUT2D eigenvalue weighted by Crippen LogP contribution is 2.11. The van der Waals surface area contributed by atoms with Gasteiger partial charge in [0.15, 0.2) is 9.84 Å². The Balaban J connectivity index is 2.02. The summed E-state index contributed by atoms with van der Waals surface area (Å²) in [6.45, 7) is 0.382. The number of carbonyl (C=O) groups excluding carboxylic acids is 1. The van der Waals surface area contributed by atoms with Crippen LogP contribution in [0.15, 0.2) is 53.4 Å². The molecule has 2 aromatic carbocycles. The second-order valence-corrected chi connectivity index (χ2v) is 6.74. The number of anilines is 1. The van der Waals surface area contributed by atoms with Gasteiger partial charge in [-0.2, -0.15) is 0 Å². The van der Waals surface area contributed by atoms with E-state index >= 15 is 0 Å². The standard InChI is InChI=1S/C15H16N2O3S/c1-21(19,20)14-8-4-12(5-9-14)15(18)17-10-11-2-6-13(16)7-3-11/h2-9H,10,16H2,1H3,(H,17,18). The lowest BCUT2D eigenvalue weighted by molar-refractivity contribution is 0.0951. The van der Waals surface area contributed by atoms with Crippen molar-refractivity contribution in [3.05, 3.63) is 59.7 Å². The molecule has 5 nitrogen and oxygen atoms in total. The first-order chi connectivity index (χ1) is 9.86. The molecule has 0 aliphatic rings. The first kappa shape index (κ1) is 15.1. The van der Waals surface area contributed by atoms with Crippen molar-refractivity contribution in [1.82, 2.24) is 5.32 Å². The number of carbonyl (C=O) groups is 1. The fourth-order valence-corrected chi connectivity index (χ4v) is 2.40. The van der Waals surface area contributed by atoms with Crippen LogP contribution in [0, 0.1) is 0 Å². The molecule has 0 fully saturated rings. The molecule has 0 radical (unpaired) electrons. The van der Waals surface area contributed by atoms with Crippen LogP contribution in [-0.2, 0) is 16.4 Å². The summed E-state index contributed by atoms with van der Waals surface area (Å²) in [6, 6.07) is 13.0. The van der Waals surface area contributed by atoms with Gasteiger partial charge in [0, 0.05) is 24.1 Å². The molecular formula is C15H16N2O3S. The van der Waals surface area contributed by atoms with Gasteiger partial charge in [0.25, 0.3) is 5.91 Å². The second kappa shape index (κ2) is 5.97. The van der Waals surface area contributed by atoms with Crippen molar-refractivity contribution >= 4 is 21.4 Å². The van der Waals surface area contributed by atoms with Crippen LogP contribution in [0.2, 0.25) is 0 Å². The van der Waals surface area contributed by atoms with Crippen LogP contribution < -0.4 is 11.1 Å². The Labute approximate surface area is 123 Å². The molecule has 3 N–H and O–H groups in total. The molecule has 0 aromatic heterocycles. The number of benzene rings is 2. The number of nitrogens with two attached hydrogens (primary N) is 1. The van der Waals surface area contributed by atoms with E-state index in [4.69, 9.17) is 5.73 Å². The molecule has 0 atom stereocenters. The Hall–Kier alpha value is -2.34. The van der Waals surface area contributed by atoms with Gasteiger partial charge in [-0.1, -0.05) is 12.1 Å². The molecule has 1 amide bonds. The zero-order chi connectivity index (χ0) is 15.5. The van der Waals surface area contributed by atoms with Crippen LogP contribution in [0.25, 0.3) is 0 Å². The number of rotatable bonds is 4. The van der Waals surface area contributed by atoms with Gasteiger partial charge < -0.3 is 11.1 Å². The molecule has 2 rings (SSSR count). The van der Waals surface area contributed by atoms with E-state index in [9.17, 15) is 13.2 Å². The maximum atomic E-state index is 12.0. The van der Waals surface area contributed by atoms with E-state index in [0.717, 1.165) is 11.8 Å². The third-order valence-electron chi connectivity index (χ3n) is 2.98. The maximum absolute atomic E-state index is 12.0. The fourth-order valence-electron chi connectivity index (χ4n) is 1.77. The molecule has 6 heteroatoms. The summed E-state index contributed by atoms with van der Waals surface area (Å²) >= 11 is 0. The minimum absolute atomic E-state index is 0.192. The van der Waals surface area contributed by atoms with Crippen LogP contribution in [0.4, 0.5) is 5.69 Å². The van der Waals surface area contributed by atoms with Gasteiger partial charge in [-0.15, -0.1) is 0 Å². The number of hydrogen-bond donors (Lipinski definition) is 2. The second-order valence-electron chi connectivity index (χ2n) is 4.72. The summed E-state index contributed by atoms with van der Waals surface area (Å²) in [4.78, 5) is 12.2. The van der Waals surface area contributed by atoms with Crippen LogP contribution >= 0.6 is 0 Å². The zero-order valence-corrected chi connectivity index (χ0v) is 12.4. The van der Waals surface area contributed by atoms with Gasteiger partial charge in [0.05, 0.1) is 4.90 Å². The molecule has 0 unspecified atom stereocenters. The predicted octanol–water partition coefficient (Wildman–Crippen LogP) is 1.60. The molecule has 0 heterocycles. The lowest BCUT2D eigenvalue weighted by Gasteiger charge is -2.06. The summed E-state index contributed by atoms with van der Waals surface area (Å²) in [5, 5.41) is 2.76. The predicted molar refractivity (Wildman–Crippen MR) is 81.6 cm³/mol. The molecule has 0 aliphatic heterocycles. The lowest BCUT2D eigenvalue weighted by Crippen LogP contribution is -2.22. The number of nitrogens with one attached hydrogen (secondary N) is 1. The summed E-state index contributed by atoms with van der Waals surface area (Å²) in [7, 11) is -3.25. The Kier molecular flexibility index (Phi) is 4.28. The minimum atomic E-state index is -3.25. The minimum Gasteiger partial charge on any atom is -0.399 e. The van der Waals surface area contributed by atoms with Gasteiger partial charge in [0.2, 0.25) is 0 Å². The van der Waals surface area contributed by atoms with Crippen molar-refractivity contribution < 1.29 is 13.2 Å². The van der Waals surface area contributed by atoms with Crippen molar-refractivity contribution in [2.45, 2.75) is 11.4 Å². The molecule has 110 valence electrons. The van der Waals surface area contributed by atoms with E-state index in [0.29, 0.717) is 17.8 Å². The third-order valence-corrected chi connectivity index (χ3v) is 4.11. The molecule has 0 saturated carbocycles. The highest BCUT2D eigenvalue weighted by molar-refractivity contribution is 7.90. The van der Waals surface area contributed by atoms with Gasteiger partial charge in [-0.25, -0.2) is 8.42 Å². The van der Waals surface area contributed by atoms with Crippen LogP contribution in [0.5, 0.6) is 0 Å². The van der Waals surface area contributed by atoms with E-state index in [1.54, 1.807) is 12.1 Å². The number of hydrogen-bond acceptors (Lipinski definition) is 4. The van der Waals surface area contributed by atoms with Crippen molar-refractivity contribution in [3.63, 3.8) is 0 Å². The maximum Gasteiger partial charge on any atom is 0.251 e. The Bertz CT molecular complexity index is 735. The highest BCUT2D eigenvalue weighted by Gasteiger charge is 2.09. The average molecular weight is 304 g/mol. The van der Waals surface area contributed by atoms with Crippen molar-refractivity contribution in [2.75, 3.05) is 12.0 Å². The summed E-state index contributed by atoms with van der Waals surface area (Å²) in [5.41, 5.74) is 7.60. The van der Waals surface area contributed by atoms with Crippen molar-refractivity contribution in [1.29, 1.82) is 0 Å². The third kappa shape index (κ3) is 4.06. The Morgan fingerprint density at radius 3 is 2.14 bits per heavy atom. The number of sulfone groups is 1. The molecule has 0 spiro atoms. The largest absolute Gasteiger partial charge is 0.399 e. The van der Waals surface area contributed by atoms with E-state index in [-0.39, 0.29) is 10.8 Å². The van der Waals surface area contributed by atoms with Gasteiger partial charge in [-0.3, -0.25) is 4.79 Å². The highest BCUT2D eigenvalue weighted by atomic mass is 32.2. The van der Waals surface area contributed by atoms with Crippen LogP contribution in [-0.4, -0.2) is 20.6 Å². The lowest BCUT2D eigenvalue weighted by atomic mass is 10.2. The topological polar surface area (TPSA) is 89.3 Å². The summed E-state index contributed by atoms with van der Waals surface area (Å²) < 4.78 is 22.7. The quantitative estimate of drug-likeness (QED) is 0.840. The van der Waals surface area contributed by atoms with Crippen LogP contribution in [0.1, 0.15) is 15.9 Å². The van der Waals surface area contributed by atoms with Crippen molar-refractivity contribution in [2.24, 2.45) is 0 Å². The molecule has 0 saturated heterocycles. The number of amides is 1. The average Bonchev–Trinajstić information content (AvgIpc) is 2.45. The molecule has 0 aliphatic carbocycles.